The number of hydrogen-bond donors (Lipinski definition) is 1. The van der Waals surface area contributed by atoms with Crippen LogP contribution < -0.4 is 5.73 Å². The second-order valence-electron chi connectivity index (χ2n) is 5.53. The standard InChI is InChI=1S/C18H23N/c1-3-8-15-11-7-12-17(13-15)18(2,19)14-16-9-5-4-6-10-16/h4-7,9-13H,3,8,14,19H2,1-2H3. The van der Waals surface area contributed by atoms with Gasteiger partial charge >= 0.3 is 0 Å². The molecular weight excluding hydrogens is 230 g/mol. The summed E-state index contributed by atoms with van der Waals surface area (Å²) < 4.78 is 0. The van der Waals surface area contributed by atoms with Gasteiger partial charge in [-0.3, -0.25) is 0 Å². The van der Waals surface area contributed by atoms with Gasteiger partial charge in [-0.2, -0.15) is 0 Å². The molecule has 100 valence electrons. The molecule has 1 heteroatoms. The van der Waals surface area contributed by atoms with Crippen LogP contribution in [0.2, 0.25) is 0 Å². The highest BCUT2D eigenvalue weighted by atomic mass is 14.7. The summed E-state index contributed by atoms with van der Waals surface area (Å²) in [6.45, 7) is 4.32. The Bertz CT molecular complexity index is 514. The van der Waals surface area contributed by atoms with Crippen molar-refractivity contribution in [1.82, 2.24) is 0 Å². The molecular formula is C18H23N. The fourth-order valence-corrected chi connectivity index (χ4v) is 2.49. The van der Waals surface area contributed by atoms with Gasteiger partial charge in [0.25, 0.3) is 0 Å². The average Bonchev–Trinajstić information content (AvgIpc) is 2.40. The van der Waals surface area contributed by atoms with Gasteiger partial charge in [-0.1, -0.05) is 67.9 Å². The zero-order chi connectivity index (χ0) is 13.7. The van der Waals surface area contributed by atoms with E-state index in [1.807, 2.05) is 6.07 Å². The van der Waals surface area contributed by atoms with E-state index in [0.29, 0.717) is 0 Å². The maximum Gasteiger partial charge on any atom is 0.0421 e. The molecule has 0 aliphatic carbocycles. The Hall–Kier alpha value is -1.60. The van der Waals surface area contributed by atoms with E-state index >= 15 is 0 Å². The summed E-state index contributed by atoms with van der Waals surface area (Å²) in [7, 11) is 0. The summed E-state index contributed by atoms with van der Waals surface area (Å²) in [6, 6.07) is 19.2. The van der Waals surface area contributed by atoms with Gasteiger partial charge in [0.05, 0.1) is 0 Å². The zero-order valence-electron chi connectivity index (χ0n) is 11.9. The van der Waals surface area contributed by atoms with Gasteiger partial charge in [-0.25, -0.2) is 0 Å². The predicted octanol–water partition coefficient (Wildman–Crippen LogP) is 4.06. The molecule has 0 amide bonds. The quantitative estimate of drug-likeness (QED) is 0.854. The first-order valence-corrected chi connectivity index (χ1v) is 7.04. The highest BCUT2D eigenvalue weighted by molar-refractivity contribution is 5.31. The maximum absolute atomic E-state index is 6.54. The molecule has 0 saturated heterocycles. The second kappa shape index (κ2) is 6.03. The number of aryl methyl sites for hydroxylation is 1. The van der Waals surface area contributed by atoms with Crippen LogP contribution in [0.1, 0.15) is 37.0 Å². The van der Waals surface area contributed by atoms with Crippen molar-refractivity contribution in [2.75, 3.05) is 0 Å². The zero-order valence-corrected chi connectivity index (χ0v) is 11.9. The van der Waals surface area contributed by atoms with E-state index in [2.05, 4.69) is 62.4 Å². The van der Waals surface area contributed by atoms with Gasteiger partial charge in [0, 0.05) is 5.54 Å². The molecule has 0 spiro atoms. The number of benzene rings is 2. The van der Waals surface area contributed by atoms with Gasteiger partial charge in [0.2, 0.25) is 0 Å². The summed E-state index contributed by atoms with van der Waals surface area (Å²) in [5.41, 5.74) is 10.1. The van der Waals surface area contributed by atoms with Crippen molar-refractivity contribution in [3.05, 3.63) is 71.3 Å². The highest BCUT2D eigenvalue weighted by Crippen LogP contribution is 2.24. The van der Waals surface area contributed by atoms with E-state index in [1.165, 1.54) is 23.1 Å². The van der Waals surface area contributed by atoms with Crippen LogP contribution in [-0.4, -0.2) is 0 Å². The summed E-state index contributed by atoms with van der Waals surface area (Å²) >= 11 is 0. The molecule has 1 unspecified atom stereocenters. The van der Waals surface area contributed by atoms with Crippen molar-refractivity contribution in [2.24, 2.45) is 5.73 Å². The van der Waals surface area contributed by atoms with Crippen LogP contribution in [0.3, 0.4) is 0 Å². The summed E-state index contributed by atoms with van der Waals surface area (Å²) in [5, 5.41) is 0. The van der Waals surface area contributed by atoms with Crippen LogP contribution in [0.4, 0.5) is 0 Å². The normalized spacial score (nSPS) is 14.1. The smallest absolute Gasteiger partial charge is 0.0421 e. The lowest BCUT2D eigenvalue weighted by atomic mass is 9.85. The molecule has 2 N–H and O–H groups in total. The molecule has 1 nitrogen and oxygen atoms in total. The third kappa shape index (κ3) is 3.68. The maximum atomic E-state index is 6.54. The Morgan fingerprint density at radius 1 is 0.947 bits per heavy atom. The molecule has 2 rings (SSSR count). The third-order valence-electron chi connectivity index (χ3n) is 3.54. The monoisotopic (exact) mass is 253 g/mol. The van der Waals surface area contributed by atoms with Crippen LogP contribution in [0.5, 0.6) is 0 Å². The fourth-order valence-electron chi connectivity index (χ4n) is 2.49. The molecule has 0 fully saturated rings. The van der Waals surface area contributed by atoms with Crippen LogP contribution in [0, 0.1) is 0 Å². The second-order valence-corrected chi connectivity index (χ2v) is 5.53. The minimum absolute atomic E-state index is 0.314. The molecule has 0 saturated carbocycles. The minimum Gasteiger partial charge on any atom is -0.321 e. The van der Waals surface area contributed by atoms with E-state index in [9.17, 15) is 0 Å². The van der Waals surface area contributed by atoms with Crippen LogP contribution in [0.15, 0.2) is 54.6 Å². The Morgan fingerprint density at radius 3 is 2.32 bits per heavy atom. The average molecular weight is 253 g/mol. The topological polar surface area (TPSA) is 26.0 Å². The van der Waals surface area contributed by atoms with E-state index in [1.54, 1.807) is 0 Å². The van der Waals surface area contributed by atoms with Crippen LogP contribution >= 0.6 is 0 Å². The van der Waals surface area contributed by atoms with Crippen LogP contribution in [-0.2, 0) is 18.4 Å². The van der Waals surface area contributed by atoms with Gasteiger partial charge in [0.15, 0.2) is 0 Å². The highest BCUT2D eigenvalue weighted by Gasteiger charge is 2.21. The Kier molecular flexibility index (Phi) is 4.39. The van der Waals surface area contributed by atoms with Crippen molar-refractivity contribution in [3.8, 4) is 0 Å². The fraction of sp³-hybridized carbons (Fsp3) is 0.333. The van der Waals surface area contributed by atoms with Crippen molar-refractivity contribution in [1.29, 1.82) is 0 Å². The SMILES string of the molecule is CCCc1cccc(C(C)(N)Cc2ccccc2)c1. The van der Waals surface area contributed by atoms with E-state index < -0.39 is 0 Å². The largest absolute Gasteiger partial charge is 0.321 e. The third-order valence-corrected chi connectivity index (χ3v) is 3.54. The van der Waals surface area contributed by atoms with Crippen molar-refractivity contribution < 1.29 is 0 Å². The Morgan fingerprint density at radius 2 is 1.63 bits per heavy atom. The molecule has 0 aliphatic heterocycles. The summed E-state index contributed by atoms with van der Waals surface area (Å²) in [5.74, 6) is 0. The lowest BCUT2D eigenvalue weighted by molar-refractivity contribution is 0.491. The molecule has 2 aromatic carbocycles. The number of nitrogens with two attached hydrogens (primary N) is 1. The van der Waals surface area contributed by atoms with E-state index in [4.69, 9.17) is 5.73 Å². The van der Waals surface area contributed by atoms with Gasteiger partial charge < -0.3 is 5.73 Å². The molecule has 0 bridgehead atoms. The lowest BCUT2D eigenvalue weighted by Gasteiger charge is -2.26. The Balaban J connectivity index is 2.21. The number of rotatable bonds is 5. The molecule has 2 aromatic rings. The molecule has 19 heavy (non-hydrogen) atoms. The molecule has 0 aromatic heterocycles. The first-order valence-electron chi connectivity index (χ1n) is 7.04. The summed E-state index contributed by atoms with van der Waals surface area (Å²) in [4.78, 5) is 0. The van der Waals surface area contributed by atoms with Crippen molar-refractivity contribution in [2.45, 2.75) is 38.6 Å². The predicted molar refractivity (Wildman–Crippen MR) is 82.1 cm³/mol. The first kappa shape index (κ1) is 13.8. The molecule has 0 aliphatic rings. The summed E-state index contributed by atoms with van der Waals surface area (Å²) in [6.07, 6.45) is 3.15. The van der Waals surface area contributed by atoms with Gasteiger partial charge in [-0.05, 0) is 36.5 Å². The van der Waals surface area contributed by atoms with Gasteiger partial charge in [-0.15, -0.1) is 0 Å². The van der Waals surface area contributed by atoms with Crippen molar-refractivity contribution in [3.63, 3.8) is 0 Å². The minimum atomic E-state index is -0.314. The first-order chi connectivity index (χ1) is 9.12. The van der Waals surface area contributed by atoms with Crippen LogP contribution in [0.25, 0.3) is 0 Å². The molecule has 0 heterocycles. The van der Waals surface area contributed by atoms with E-state index in [0.717, 1.165) is 12.8 Å². The lowest BCUT2D eigenvalue weighted by Crippen LogP contribution is -2.35. The van der Waals surface area contributed by atoms with E-state index in [-0.39, 0.29) is 5.54 Å². The number of hydrogen-bond acceptors (Lipinski definition) is 1. The molecule has 1 atom stereocenters. The van der Waals surface area contributed by atoms with Crippen molar-refractivity contribution >= 4 is 0 Å². The van der Waals surface area contributed by atoms with Gasteiger partial charge in [0.1, 0.15) is 0 Å². The molecule has 0 radical (unpaired) electrons. The Labute approximate surface area is 116 Å².